The summed E-state index contributed by atoms with van der Waals surface area (Å²) in [5.74, 6) is 0. The molecular formula is C14H19Cl2NO. The van der Waals surface area contributed by atoms with Crippen LogP contribution in [0.4, 0.5) is 0 Å². The second kappa shape index (κ2) is 6.76. The zero-order chi connectivity index (χ0) is 13.0. The van der Waals surface area contributed by atoms with Gasteiger partial charge in [-0.25, -0.2) is 0 Å². The monoisotopic (exact) mass is 287 g/mol. The van der Waals surface area contributed by atoms with Gasteiger partial charge in [0.2, 0.25) is 0 Å². The fourth-order valence-electron chi connectivity index (χ4n) is 2.39. The fourth-order valence-corrected chi connectivity index (χ4v) is 2.90. The van der Waals surface area contributed by atoms with Crippen molar-refractivity contribution in [2.45, 2.75) is 44.4 Å². The van der Waals surface area contributed by atoms with E-state index in [1.165, 1.54) is 12.8 Å². The van der Waals surface area contributed by atoms with Gasteiger partial charge in [-0.1, -0.05) is 29.3 Å². The molecule has 1 saturated carbocycles. The number of benzene rings is 1. The predicted molar refractivity (Wildman–Crippen MR) is 76.4 cm³/mol. The molecule has 0 saturated heterocycles. The van der Waals surface area contributed by atoms with Crippen LogP contribution in [0.15, 0.2) is 18.2 Å². The highest BCUT2D eigenvalue weighted by molar-refractivity contribution is 6.35. The second-order valence-electron chi connectivity index (χ2n) is 4.77. The Kier molecular flexibility index (Phi) is 5.31. The molecule has 0 heterocycles. The van der Waals surface area contributed by atoms with E-state index in [-0.39, 0.29) is 0 Å². The van der Waals surface area contributed by atoms with E-state index in [0.717, 1.165) is 18.4 Å². The van der Waals surface area contributed by atoms with Crippen molar-refractivity contribution in [2.24, 2.45) is 0 Å². The molecule has 0 radical (unpaired) electrons. The van der Waals surface area contributed by atoms with Crippen LogP contribution in [0.2, 0.25) is 10.0 Å². The zero-order valence-corrected chi connectivity index (χ0v) is 12.1. The van der Waals surface area contributed by atoms with Gasteiger partial charge in [0, 0.05) is 21.7 Å². The van der Waals surface area contributed by atoms with E-state index in [1.54, 1.807) is 0 Å². The van der Waals surface area contributed by atoms with Gasteiger partial charge in [0.1, 0.15) is 0 Å². The Balaban J connectivity index is 1.85. The number of nitrogens with one attached hydrogen (secondary N) is 1. The molecular weight excluding hydrogens is 269 g/mol. The molecule has 1 aliphatic carbocycles. The molecule has 0 bridgehead atoms. The van der Waals surface area contributed by atoms with Crippen molar-refractivity contribution >= 4 is 23.2 Å². The zero-order valence-electron chi connectivity index (χ0n) is 10.6. The Morgan fingerprint density at radius 1 is 1.17 bits per heavy atom. The van der Waals surface area contributed by atoms with Gasteiger partial charge in [-0.2, -0.15) is 0 Å². The van der Waals surface area contributed by atoms with Crippen molar-refractivity contribution in [3.63, 3.8) is 0 Å². The van der Waals surface area contributed by atoms with Gasteiger partial charge in [0.15, 0.2) is 0 Å². The van der Waals surface area contributed by atoms with Gasteiger partial charge in [0.05, 0.1) is 12.7 Å². The van der Waals surface area contributed by atoms with Crippen LogP contribution in [0, 0.1) is 0 Å². The first-order chi connectivity index (χ1) is 8.70. The highest BCUT2D eigenvalue weighted by atomic mass is 35.5. The fraction of sp³-hybridized carbons (Fsp3) is 0.571. The van der Waals surface area contributed by atoms with Gasteiger partial charge >= 0.3 is 0 Å². The summed E-state index contributed by atoms with van der Waals surface area (Å²) < 4.78 is 5.93. The third-order valence-electron chi connectivity index (χ3n) is 3.61. The largest absolute Gasteiger partial charge is 0.373 e. The minimum Gasteiger partial charge on any atom is -0.373 e. The molecule has 0 aromatic heterocycles. The number of halogens is 2. The average Bonchev–Trinajstić information content (AvgIpc) is 2.39. The average molecular weight is 288 g/mol. The van der Waals surface area contributed by atoms with Gasteiger partial charge in [-0.05, 0) is 44.9 Å². The SMILES string of the molecule is CNC1CCC(OCc2c(Cl)cccc2Cl)CC1. The maximum atomic E-state index is 6.12. The smallest absolute Gasteiger partial charge is 0.0749 e. The number of hydrogen-bond acceptors (Lipinski definition) is 2. The lowest BCUT2D eigenvalue weighted by Gasteiger charge is -2.28. The van der Waals surface area contributed by atoms with Gasteiger partial charge in [-0.3, -0.25) is 0 Å². The van der Waals surface area contributed by atoms with Gasteiger partial charge in [0.25, 0.3) is 0 Å². The summed E-state index contributed by atoms with van der Waals surface area (Å²) >= 11 is 12.2. The van der Waals surface area contributed by atoms with Crippen molar-refractivity contribution in [1.82, 2.24) is 5.32 Å². The molecule has 0 aliphatic heterocycles. The van der Waals surface area contributed by atoms with E-state index < -0.39 is 0 Å². The quantitative estimate of drug-likeness (QED) is 0.902. The van der Waals surface area contributed by atoms with E-state index in [4.69, 9.17) is 27.9 Å². The Morgan fingerprint density at radius 2 is 1.78 bits per heavy atom. The van der Waals surface area contributed by atoms with Crippen LogP contribution in [-0.4, -0.2) is 19.2 Å². The lowest BCUT2D eigenvalue weighted by atomic mass is 9.93. The Morgan fingerprint density at radius 3 is 2.33 bits per heavy atom. The molecule has 100 valence electrons. The third kappa shape index (κ3) is 3.61. The van der Waals surface area contributed by atoms with E-state index >= 15 is 0 Å². The van der Waals surface area contributed by atoms with Crippen molar-refractivity contribution in [3.8, 4) is 0 Å². The van der Waals surface area contributed by atoms with Crippen LogP contribution < -0.4 is 5.32 Å². The number of rotatable bonds is 4. The first-order valence-electron chi connectivity index (χ1n) is 6.42. The maximum absolute atomic E-state index is 6.12. The second-order valence-corrected chi connectivity index (χ2v) is 5.59. The van der Waals surface area contributed by atoms with Crippen LogP contribution in [0.1, 0.15) is 31.2 Å². The Bertz CT molecular complexity index is 369. The van der Waals surface area contributed by atoms with Crippen LogP contribution in [0.25, 0.3) is 0 Å². The molecule has 1 aromatic carbocycles. The normalized spacial score (nSPS) is 24.2. The predicted octanol–water partition coefficient (Wildman–Crippen LogP) is 4.04. The molecule has 2 rings (SSSR count). The summed E-state index contributed by atoms with van der Waals surface area (Å²) in [6.45, 7) is 0.507. The summed E-state index contributed by atoms with van der Waals surface area (Å²) in [6.07, 6.45) is 4.90. The number of ether oxygens (including phenoxy) is 1. The lowest BCUT2D eigenvalue weighted by Crippen LogP contribution is -2.32. The van der Waals surface area contributed by atoms with Gasteiger partial charge in [-0.15, -0.1) is 0 Å². The molecule has 0 atom stereocenters. The van der Waals surface area contributed by atoms with Crippen molar-refractivity contribution in [2.75, 3.05) is 7.05 Å². The summed E-state index contributed by atoms with van der Waals surface area (Å²) in [5, 5.41) is 4.69. The van der Waals surface area contributed by atoms with E-state index in [0.29, 0.717) is 28.8 Å². The topological polar surface area (TPSA) is 21.3 Å². The van der Waals surface area contributed by atoms with E-state index in [2.05, 4.69) is 5.32 Å². The van der Waals surface area contributed by atoms with Crippen molar-refractivity contribution < 1.29 is 4.74 Å². The highest BCUT2D eigenvalue weighted by Crippen LogP contribution is 2.27. The summed E-state index contributed by atoms with van der Waals surface area (Å²) in [7, 11) is 2.02. The molecule has 2 nitrogen and oxygen atoms in total. The standard InChI is InChI=1S/C14H19Cl2NO/c1-17-10-5-7-11(8-6-10)18-9-12-13(15)3-2-4-14(12)16/h2-4,10-11,17H,5-9H2,1H3. The maximum Gasteiger partial charge on any atom is 0.0749 e. The minimum absolute atomic E-state index is 0.335. The summed E-state index contributed by atoms with van der Waals surface area (Å²) in [4.78, 5) is 0. The molecule has 1 aliphatic rings. The van der Waals surface area contributed by atoms with Crippen LogP contribution in [-0.2, 0) is 11.3 Å². The molecule has 0 spiro atoms. The molecule has 0 amide bonds. The van der Waals surface area contributed by atoms with Crippen molar-refractivity contribution in [1.29, 1.82) is 0 Å². The molecule has 1 fully saturated rings. The van der Waals surface area contributed by atoms with Gasteiger partial charge < -0.3 is 10.1 Å². The first kappa shape index (κ1) is 14.1. The molecule has 4 heteroatoms. The van der Waals surface area contributed by atoms with Crippen molar-refractivity contribution in [3.05, 3.63) is 33.8 Å². The Hall–Kier alpha value is -0.280. The van der Waals surface area contributed by atoms with Crippen LogP contribution >= 0.6 is 23.2 Å². The summed E-state index contributed by atoms with van der Waals surface area (Å²) in [6, 6.07) is 6.20. The lowest BCUT2D eigenvalue weighted by molar-refractivity contribution is 0.0119. The van der Waals surface area contributed by atoms with E-state index in [1.807, 2.05) is 25.2 Å². The molecule has 1 aromatic rings. The molecule has 0 unspecified atom stereocenters. The molecule has 18 heavy (non-hydrogen) atoms. The highest BCUT2D eigenvalue weighted by Gasteiger charge is 2.20. The van der Waals surface area contributed by atoms with Crippen LogP contribution in [0.5, 0.6) is 0 Å². The number of hydrogen-bond donors (Lipinski definition) is 1. The first-order valence-corrected chi connectivity index (χ1v) is 7.18. The summed E-state index contributed by atoms with van der Waals surface area (Å²) in [5.41, 5.74) is 0.900. The minimum atomic E-state index is 0.335. The third-order valence-corrected chi connectivity index (χ3v) is 4.32. The van der Waals surface area contributed by atoms with Crippen LogP contribution in [0.3, 0.4) is 0 Å². The Labute approximate surface area is 119 Å². The van der Waals surface area contributed by atoms with E-state index in [9.17, 15) is 0 Å². The molecule has 1 N–H and O–H groups in total.